The van der Waals surface area contributed by atoms with E-state index >= 15 is 0 Å². The van der Waals surface area contributed by atoms with Crippen LogP contribution in [0.4, 0.5) is 18.9 Å². The van der Waals surface area contributed by atoms with Crippen molar-refractivity contribution in [1.82, 2.24) is 0 Å². The number of anilines is 1. The molecule has 0 radical (unpaired) electrons. The van der Waals surface area contributed by atoms with E-state index in [2.05, 4.69) is 5.32 Å². The van der Waals surface area contributed by atoms with Crippen molar-refractivity contribution in [3.8, 4) is 0 Å². The van der Waals surface area contributed by atoms with Crippen molar-refractivity contribution in [3.05, 3.63) is 29.6 Å². The molecule has 1 aliphatic heterocycles. The number of halogens is 3. The molecule has 2 rings (SSSR count). The normalized spacial score (nSPS) is 21.0. The van der Waals surface area contributed by atoms with Crippen molar-refractivity contribution < 1.29 is 17.9 Å². The molecule has 1 saturated heterocycles. The van der Waals surface area contributed by atoms with Gasteiger partial charge >= 0.3 is 0 Å². The zero-order chi connectivity index (χ0) is 12.3. The average Bonchev–Trinajstić information content (AvgIpc) is 2.59. The standard InChI is InChI=1S/C12H14F3NO/c13-9-3-4-10(12(15)11(9)14)16-8-2-1-6-17-7-5-8/h3-4,8,16H,1-2,5-7H2. The number of nitrogens with one attached hydrogen (secondary N) is 1. The summed E-state index contributed by atoms with van der Waals surface area (Å²) in [6, 6.07) is 2.19. The molecular formula is C12H14F3NO. The molecule has 0 bridgehead atoms. The molecule has 5 heteroatoms. The SMILES string of the molecule is Fc1ccc(NC2CCCOCC2)c(F)c1F. The van der Waals surface area contributed by atoms with Crippen molar-refractivity contribution in [2.24, 2.45) is 0 Å². The van der Waals surface area contributed by atoms with Crippen LogP contribution in [0.15, 0.2) is 12.1 Å². The zero-order valence-corrected chi connectivity index (χ0v) is 9.31. The first-order valence-electron chi connectivity index (χ1n) is 5.66. The van der Waals surface area contributed by atoms with Gasteiger partial charge in [0, 0.05) is 19.3 Å². The van der Waals surface area contributed by atoms with Gasteiger partial charge in [0.25, 0.3) is 0 Å². The van der Waals surface area contributed by atoms with Crippen LogP contribution >= 0.6 is 0 Å². The number of rotatable bonds is 2. The first-order valence-corrected chi connectivity index (χ1v) is 5.66. The van der Waals surface area contributed by atoms with E-state index in [-0.39, 0.29) is 11.7 Å². The Bertz CT molecular complexity index is 390. The van der Waals surface area contributed by atoms with E-state index in [9.17, 15) is 13.2 Å². The first kappa shape index (κ1) is 12.2. The molecule has 0 aromatic heterocycles. The first-order chi connectivity index (χ1) is 8.18. The van der Waals surface area contributed by atoms with E-state index in [1.165, 1.54) is 6.07 Å². The maximum atomic E-state index is 13.4. The van der Waals surface area contributed by atoms with Gasteiger partial charge in [-0.25, -0.2) is 13.2 Å². The van der Waals surface area contributed by atoms with Gasteiger partial charge in [0.15, 0.2) is 17.5 Å². The number of hydrogen-bond acceptors (Lipinski definition) is 2. The van der Waals surface area contributed by atoms with E-state index in [4.69, 9.17) is 4.74 Å². The largest absolute Gasteiger partial charge is 0.381 e. The Hall–Kier alpha value is -1.23. The summed E-state index contributed by atoms with van der Waals surface area (Å²) >= 11 is 0. The summed E-state index contributed by atoms with van der Waals surface area (Å²) in [5, 5.41) is 2.90. The summed E-state index contributed by atoms with van der Waals surface area (Å²) in [5.74, 6) is -3.76. The fourth-order valence-corrected chi connectivity index (χ4v) is 1.91. The summed E-state index contributed by atoms with van der Waals surface area (Å²) in [4.78, 5) is 0. The summed E-state index contributed by atoms with van der Waals surface area (Å²) in [7, 11) is 0. The van der Waals surface area contributed by atoms with E-state index in [0.717, 1.165) is 25.3 Å². The number of ether oxygens (including phenoxy) is 1. The summed E-state index contributed by atoms with van der Waals surface area (Å²) in [6.45, 7) is 1.29. The lowest BCUT2D eigenvalue weighted by atomic mass is 10.1. The second kappa shape index (κ2) is 5.40. The van der Waals surface area contributed by atoms with Crippen molar-refractivity contribution >= 4 is 5.69 Å². The summed E-state index contributed by atoms with van der Waals surface area (Å²) < 4.78 is 44.4. The molecule has 0 saturated carbocycles. The Kier molecular flexibility index (Phi) is 3.89. The van der Waals surface area contributed by atoms with Gasteiger partial charge in [-0.2, -0.15) is 0 Å². The van der Waals surface area contributed by atoms with Gasteiger partial charge in [-0.3, -0.25) is 0 Å². The van der Waals surface area contributed by atoms with Gasteiger partial charge < -0.3 is 10.1 Å². The predicted molar refractivity (Wildman–Crippen MR) is 58.4 cm³/mol. The lowest BCUT2D eigenvalue weighted by Crippen LogP contribution is -2.20. The van der Waals surface area contributed by atoms with Crippen LogP contribution in [0.3, 0.4) is 0 Å². The van der Waals surface area contributed by atoms with Gasteiger partial charge in [-0.05, 0) is 31.4 Å². The highest BCUT2D eigenvalue weighted by atomic mass is 19.2. The van der Waals surface area contributed by atoms with E-state index in [1.54, 1.807) is 0 Å². The van der Waals surface area contributed by atoms with Crippen LogP contribution in [0, 0.1) is 17.5 Å². The summed E-state index contributed by atoms with van der Waals surface area (Å²) in [5.41, 5.74) is 0.0100. The van der Waals surface area contributed by atoms with E-state index < -0.39 is 17.5 Å². The molecular weight excluding hydrogens is 231 g/mol. The highest BCUT2D eigenvalue weighted by Gasteiger charge is 2.17. The van der Waals surface area contributed by atoms with Crippen molar-refractivity contribution in [2.75, 3.05) is 18.5 Å². The Morgan fingerprint density at radius 3 is 2.71 bits per heavy atom. The fourth-order valence-electron chi connectivity index (χ4n) is 1.91. The van der Waals surface area contributed by atoms with Crippen LogP contribution in [0.2, 0.25) is 0 Å². The molecule has 17 heavy (non-hydrogen) atoms. The van der Waals surface area contributed by atoms with Gasteiger partial charge in [0.2, 0.25) is 0 Å². The van der Waals surface area contributed by atoms with Gasteiger partial charge in [0.1, 0.15) is 0 Å². The van der Waals surface area contributed by atoms with Crippen LogP contribution < -0.4 is 5.32 Å². The third kappa shape index (κ3) is 2.91. The fraction of sp³-hybridized carbons (Fsp3) is 0.500. The van der Waals surface area contributed by atoms with Gasteiger partial charge in [-0.15, -0.1) is 0 Å². The average molecular weight is 245 g/mol. The molecule has 1 N–H and O–H groups in total. The molecule has 2 nitrogen and oxygen atoms in total. The lowest BCUT2D eigenvalue weighted by molar-refractivity contribution is 0.144. The van der Waals surface area contributed by atoms with E-state index in [0.29, 0.717) is 13.2 Å². The van der Waals surface area contributed by atoms with Crippen molar-refractivity contribution in [2.45, 2.75) is 25.3 Å². The maximum absolute atomic E-state index is 13.4. The van der Waals surface area contributed by atoms with Crippen molar-refractivity contribution in [3.63, 3.8) is 0 Å². The highest BCUT2D eigenvalue weighted by molar-refractivity contribution is 5.46. The second-order valence-corrected chi connectivity index (χ2v) is 4.11. The van der Waals surface area contributed by atoms with Gasteiger partial charge in [-0.1, -0.05) is 0 Å². The summed E-state index contributed by atoms with van der Waals surface area (Å²) in [6.07, 6.45) is 2.44. The Morgan fingerprint density at radius 1 is 1.06 bits per heavy atom. The molecule has 1 fully saturated rings. The molecule has 0 aliphatic carbocycles. The highest BCUT2D eigenvalue weighted by Crippen LogP contribution is 2.22. The second-order valence-electron chi connectivity index (χ2n) is 4.11. The molecule has 1 aromatic carbocycles. The zero-order valence-electron chi connectivity index (χ0n) is 9.31. The van der Waals surface area contributed by atoms with Crippen LogP contribution in [0.25, 0.3) is 0 Å². The molecule has 1 heterocycles. The minimum absolute atomic E-state index is 0.0100. The number of hydrogen-bond donors (Lipinski definition) is 1. The molecule has 1 aromatic rings. The van der Waals surface area contributed by atoms with Crippen molar-refractivity contribution in [1.29, 1.82) is 0 Å². The molecule has 0 spiro atoms. The molecule has 1 aliphatic rings. The van der Waals surface area contributed by atoms with Crippen LogP contribution in [0.1, 0.15) is 19.3 Å². The molecule has 0 amide bonds. The van der Waals surface area contributed by atoms with Crippen LogP contribution in [0.5, 0.6) is 0 Å². The van der Waals surface area contributed by atoms with Gasteiger partial charge in [0.05, 0.1) is 5.69 Å². The third-order valence-electron chi connectivity index (χ3n) is 2.85. The predicted octanol–water partition coefficient (Wildman–Crippen LogP) is 3.08. The van der Waals surface area contributed by atoms with Crippen LogP contribution in [-0.2, 0) is 4.74 Å². The Morgan fingerprint density at radius 2 is 1.88 bits per heavy atom. The Labute approximate surface area is 97.8 Å². The molecule has 1 unspecified atom stereocenters. The smallest absolute Gasteiger partial charge is 0.196 e. The topological polar surface area (TPSA) is 21.3 Å². The number of benzene rings is 1. The molecule has 1 atom stereocenters. The quantitative estimate of drug-likeness (QED) is 0.808. The third-order valence-corrected chi connectivity index (χ3v) is 2.85. The Balaban J connectivity index is 2.09. The molecule has 94 valence electrons. The maximum Gasteiger partial charge on any atom is 0.196 e. The monoisotopic (exact) mass is 245 g/mol. The minimum Gasteiger partial charge on any atom is -0.381 e. The van der Waals surface area contributed by atoms with E-state index in [1.807, 2.05) is 0 Å². The van der Waals surface area contributed by atoms with Crippen LogP contribution in [-0.4, -0.2) is 19.3 Å². The lowest BCUT2D eigenvalue weighted by Gasteiger charge is -2.17. The minimum atomic E-state index is -1.43.